The molecule has 3 rings (SSSR count). The number of fused-ring (bicyclic) bond motifs is 1. The van der Waals surface area contributed by atoms with Crippen LogP contribution in [-0.4, -0.2) is 49.6 Å². The number of hydrazone groups is 1. The third-order valence-electron chi connectivity index (χ3n) is 5.30. The maximum Gasteiger partial charge on any atom is 0.427 e. The predicted octanol–water partition coefficient (Wildman–Crippen LogP) is 3.54. The van der Waals surface area contributed by atoms with E-state index in [4.69, 9.17) is 4.42 Å². The standard InChI is InChI=1S/C24H27N3O5/c1-15(25-26-24(30)31-4)18(14-27(2)3)20(16-10-6-5-7-11-16)21-22(28)17-12-8-9-13-19(17)32-23(21)29/h5-13,18,20,28H,14H2,1-4H3,(H,26,30)/b25-15-/t18-,20-/m1/s1. The van der Waals surface area contributed by atoms with Gasteiger partial charge in [0.25, 0.3) is 0 Å². The van der Waals surface area contributed by atoms with Gasteiger partial charge in [0.05, 0.1) is 18.1 Å². The van der Waals surface area contributed by atoms with Gasteiger partial charge in [0.15, 0.2) is 0 Å². The highest BCUT2D eigenvalue weighted by molar-refractivity contribution is 5.88. The molecule has 2 atom stereocenters. The van der Waals surface area contributed by atoms with Crippen molar-refractivity contribution in [2.75, 3.05) is 27.7 Å². The fourth-order valence-corrected chi connectivity index (χ4v) is 3.82. The monoisotopic (exact) mass is 437 g/mol. The largest absolute Gasteiger partial charge is 0.507 e. The molecule has 1 aromatic heterocycles. The number of hydrogen-bond acceptors (Lipinski definition) is 7. The molecule has 0 saturated carbocycles. The molecule has 3 aromatic rings. The molecule has 2 N–H and O–H groups in total. The van der Waals surface area contributed by atoms with Crippen LogP contribution in [0.25, 0.3) is 11.0 Å². The van der Waals surface area contributed by atoms with Gasteiger partial charge in [0.1, 0.15) is 11.3 Å². The van der Waals surface area contributed by atoms with E-state index in [1.165, 1.54) is 7.11 Å². The van der Waals surface area contributed by atoms with Gasteiger partial charge < -0.3 is 19.2 Å². The molecule has 0 aliphatic heterocycles. The van der Waals surface area contributed by atoms with Crippen molar-refractivity contribution in [3.8, 4) is 5.75 Å². The van der Waals surface area contributed by atoms with Gasteiger partial charge in [0, 0.05) is 24.1 Å². The van der Waals surface area contributed by atoms with E-state index in [2.05, 4.69) is 15.3 Å². The molecule has 0 aliphatic rings. The number of rotatable bonds is 7. The summed E-state index contributed by atoms with van der Waals surface area (Å²) in [6.07, 6.45) is -0.697. The van der Waals surface area contributed by atoms with Crippen molar-refractivity contribution in [3.05, 3.63) is 76.1 Å². The van der Waals surface area contributed by atoms with E-state index >= 15 is 0 Å². The van der Waals surface area contributed by atoms with Gasteiger partial charge in [-0.3, -0.25) is 0 Å². The van der Waals surface area contributed by atoms with E-state index in [0.29, 0.717) is 23.2 Å². The van der Waals surface area contributed by atoms with E-state index in [0.717, 1.165) is 5.56 Å². The Kier molecular flexibility index (Phi) is 7.27. The van der Waals surface area contributed by atoms with Gasteiger partial charge >= 0.3 is 11.7 Å². The van der Waals surface area contributed by atoms with Crippen LogP contribution < -0.4 is 11.1 Å². The Morgan fingerprint density at radius 2 is 1.81 bits per heavy atom. The van der Waals surface area contributed by atoms with Gasteiger partial charge in [0.2, 0.25) is 0 Å². The van der Waals surface area contributed by atoms with E-state index in [1.807, 2.05) is 49.3 Å². The highest BCUT2D eigenvalue weighted by atomic mass is 16.5. The fraction of sp³-hybridized carbons (Fsp3) is 0.292. The van der Waals surface area contributed by atoms with Crippen molar-refractivity contribution in [2.24, 2.45) is 11.0 Å². The number of carbonyl (C=O) groups excluding carboxylic acids is 1. The molecular formula is C24H27N3O5. The van der Waals surface area contributed by atoms with Gasteiger partial charge in [-0.2, -0.15) is 5.10 Å². The first kappa shape index (κ1) is 23.0. The molecule has 0 radical (unpaired) electrons. The summed E-state index contributed by atoms with van der Waals surface area (Å²) in [5.74, 6) is -1.08. The first-order valence-corrected chi connectivity index (χ1v) is 10.2. The quantitative estimate of drug-likeness (QED) is 0.333. The van der Waals surface area contributed by atoms with Gasteiger partial charge in [-0.05, 0) is 38.7 Å². The predicted molar refractivity (Wildman–Crippen MR) is 123 cm³/mol. The minimum Gasteiger partial charge on any atom is -0.507 e. The third kappa shape index (κ3) is 4.97. The number of ether oxygens (including phenoxy) is 1. The number of carbonyl (C=O) groups is 1. The highest BCUT2D eigenvalue weighted by Gasteiger charge is 2.34. The lowest BCUT2D eigenvalue weighted by Gasteiger charge is -2.30. The molecule has 0 unspecified atom stereocenters. The SMILES string of the molecule is COC(=O)N/N=C(/C)[C@@H](CN(C)C)[C@@H](c1ccccc1)c1c(O)c2ccccc2oc1=O. The summed E-state index contributed by atoms with van der Waals surface area (Å²) in [6, 6.07) is 16.3. The number of methoxy groups -OCH3 is 1. The first-order valence-electron chi connectivity index (χ1n) is 10.2. The van der Waals surface area contributed by atoms with Crippen LogP contribution in [0.4, 0.5) is 4.79 Å². The van der Waals surface area contributed by atoms with Gasteiger partial charge in [-0.1, -0.05) is 42.5 Å². The van der Waals surface area contributed by atoms with Crippen molar-refractivity contribution in [2.45, 2.75) is 12.8 Å². The van der Waals surface area contributed by atoms with Crippen LogP contribution in [0.5, 0.6) is 5.75 Å². The third-order valence-corrected chi connectivity index (χ3v) is 5.30. The van der Waals surface area contributed by atoms with E-state index < -0.39 is 17.6 Å². The summed E-state index contributed by atoms with van der Waals surface area (Å²) < 4.78 is 10.2. The minimum absolute atomic E-state index is 0.122. The number of hydrogen-bond donors (Lipinski definition) is 2. The molecule has 1 amide bonds. The zero-order valence-electron chi connectivity index (χ0n) is 18.5. The molecule has 32 heavy (non-hydrogen) atoms. The number of benzene rings is 2. The lowest BCUT2D eigenvalue weighted by atomic mass is 9.78. The molecule has 2 aromatic carbocycles. The molecule has 0 bridgehead atoms. The van der Waals surface area contributed by atoms with E-state index in [-0.39, 0.29) is 17.2 Å². The van der Waals surface area contributed by atoms with Crippen LogP contribution >= 0.6 is 0 Å². The molecule has 8 heteroatoms. The Labute approximate surface area is 186 Å². The smallest absolute Gasteiger partial charge is 0.427 e. The summed E-state index contributed by atoms with van der Waals surface area (Å²) in [7, 11) is 5.06. The van der Waals surface area contributed by atoms with Gasteiger partial charge in [-0.25, -0.2) is 15.0 Å². The molecule has 0 saturated heterocycles. The summed E-state index contributed by atoms with van der Waals surface area (Å²) in [6.45, 7) is 2.25. The topological polar surface area (TPSA) is 104 Å². The van der Waals surface area contributed by atoms with Crippen molar-refractivity contribution < 1.29 is 19.1 Å². The Bertz CT molecular complexity index is 1170. The molecule has 0 aliphatic carbocycles. The Hall–Kier alpha value is -3.65. The molecular weight excluding hydrogens is 410 g/mol. The average Bonchev–Trinajstić information content (AvgIpc) is 2.79. The van der Waals surface area contributed by atoms with Gasteiger partial charge in [-0.15, -0.1) is 0 Å². The van der Waals surface area contributed by atoms with Crippen molar-refractivity contribution >= 4 is 22.8 Å². The lowest BCUT2D eigenvalue weighted by Crippen LogP contribution is -2.35. The van der Waals surface area contributed by atoms with E-state index in [1.54, 1.807) is 31.2 Å². The van der Waals surface area contributed by atoms with Crippen LogP contribution in [-0.2, 0) is 4.74 Å². The van der Waals surface area contributed by atoms with Crippen molar-refractivity contribution in [3.63, 3.8) is 0 Å². The van der Waals surface area contributed by atoms with Crippen molar-refractivity contribution in [1.82, 2.24) is 10.3 Å². The lowest BCUT2D eigenvalue weighted by molar-refractivity contribution is 0.171. The summed E-state index contributed by atoms with van der Waals surface area (Å²) in [5.41, 5.74) is 3.56. The zero-order chi connectivity index (χ0) is 23.3. The summed E-state index contributed by atoms with van der Waals surface area (Å²) in [4.78, 5) is 26.6. The number of nitrogens with one attached hydrogen (secondary N) is 1. The fourth-order valence-electron chi connectivity index (χ4n) is 3.82. The Balaban J connectivity index is 2.25. The highest BCUT2D eigenvalue weighted by Crippen LogP contribution is 2.39. The Morgan fingerprint density at radius 1 is 1.16 bits per heavy atom. The maximum atomic E-state index is 13.1. The number of nitrogens with zero attached hydrogens (tertiary/aromatic N) is 2. The molecule has 1 heterocycles. The van der Waals surface area contributed by atoms with Crippen LogP contribution in [0.1, 0.15) is 24.0 Å². The second-order valence-corrected chi connectivity index (χ2v) is 7.76. The number of aromatic hydroxyl groups is 1. The summed E-state index contributed by atoms with van der Waals surface area (Å²) >= 11 is 0. The zero-order valence-corrected chi connectivity index (χ0v) is 18.5. The van der Waals surface area contributed by atoms with Crippen LogP contribution in [0.3, 0.4) is 0 Å². The second kappa shape index (κ2) is 10.1. The maximum absolute atomic E-state index is 13.1. The Morgan fingerprint density at radius 3 is 2.47 bits per heavy atom. The normalized spacial score (nSPS) is 13.7. The molecule has 168 valence electrons. The second-order valence-electron chi connectivity index (χ2n) is 7.76. The number of amides is 1. The minimum atomic E-state index is -0.697. The molecule has 0 fully saturated rings. The molecule has 8 nitrogen and oxygen atoms in total. The first-order chi connectivity index (χ1) is 15.3. The van der Waals surface area contributed by atoms with Crippen molar-refractivity contribution in [1.29, 1.82) is 0 Å². The average molecular weight is 437 g/mol. The van der Waals surface area contributed by atoms with Crippen LogP contribution in [0, 0.1) is 5.92 Å². The molecule has 0 spiro atoms. The summed E-state index contributed by atoms with van der Waals surface area (Å²) in [5, 5.41) is 15.8. The van der Waals surface area contributed by atoms with Crippen LogP contribution in [0.15, 0.2) is 68.9 Å². The van der Waals surface area contributed by atoms with Crippen LogP contribution in [0.2, 0.25) is 0 Å². The number of para-hydroxylation sites is 1. The van der Waals surface area contributed by atoms with E-state index in [9.17, 15) is 14.7 Å².